The maximum absolute atomic E-state index is 12.2. The van der Waals surface area contributed by atoms with Gasteiger partial charge in [-0.1, -0.05) is 24.3 Å². The highest BCUT2D eigenvalue weighted by Crippen LogP contribution is 2.37. The van der Waals surface area contributed by atoms with E-state index >= 15 is 0 Å². The van der Waals surface area contributed by atoms with E-state index in [1.165, 1.54) is 10.6 Å². The van der Waals surface area contributed by atoms with Crippen LogP contribution in [-0.2, 0) is 4.79 Å². The Hall–Kier alpha value is -2.40. The van der Waals surface area contributed by atoms with Crippen molar-refractivity contribution in [3.63, 3.8) is 0 Å². The van der Waals surface area contributed by atoms with E-state index in [1.807, 2.05) is 36.4 Å². The van der Waals surface area contributed by atoms with Gasteiger partial charge in [0.2, 0.25) is 0 Å². The smallest absolute Gasteiger partial charge is 0.313 e. The molecule has 0 unspecified atom stereocenters. The zero-order chi connectivity index (χ0) is 15.6. The van der Waals surface area contributed by atoms with Gasteiger partial charge in [-0.2, -0.15) is 0 Å². The van der Waals surface area contributed by atoms with Crippen LogP contribution in [0.4, 0.5) is 5.69 Å². The number of para-hydroxylation sites is 2. The number of hydrogen-bond acceptors (Lipinski definition) is 4. The molecule has 116 valence electrons. The van der Waals surface area contributed by atoms with Crippen LogP contribution in [0.15, 0.2) is 59.6 Å². The summed E-state index contributed by atoms with van der Waals surface area (Å²) >= 11 is 1.80. The van der Waals surface area contributed by atoms with Gasteiger partial charge in [-0.25, -0.2) is 0 Å². The minimum atomic E-state index is -0.205. The Labute approximate surface area is 138 Å². The Morgan fingerprint density at radius 2 is 2.00 bits per heavy atom. The molecule has 1 aliphatic heterocycles. The summed E-state index contributed by atoms with van der Waals surface area (Å²) in [4.78, 5) is 18.8. The minimum Gasteiger partial charge on any atom is -0.424 e. The van der Waals surface area contributed by atoms with Gasteiger partial charge in [-0.15, -0.1) is 11.8 Å². The summed E-state index contributed by atoms with van der Waals surface area (Å²) < 4.78 is 5.51. The Bertz CT molecular complexity index is 859. The lowest BCUT2D eigenvalue weighted by atomic mass is 10.2. The number of nitrogens with one attached hydrogen (secondary N) is 1. The number of carbonyl (C=O) groups is 1. The molecule has 1 aliphatic rings. The van der Waals surface area contributed by atoms with Gasteiger partial charge in [0.05, 0.1) is 18.0 Å². The van der Waals surface area contributed by atoms with E-state index in [4.69, 9.17) is 4.74 Å². The van der Waals surface area contributed by atoms with Gasteiger partial charge in [0.1, 0.15) is 0 Å². The fraction of sp³-hybridized carbons (Fsp3) is 0.167. The zero-order valence-corrected chi connectivity index (χ0v) is 13.3. The van der Waals surface area contributed by atoms with Gasteiger partial charge in [-0.3, -0.25) is 4.79 Å². The number of H-pyrrole nitrogens is 1. The van der Waals surface area contributed by atoms with Crippen molar-refractivity contribution in [2.24, 2.45) is 0 Å². The Balaban J connectivity index is 1.40. The summed E-state index contributed by atoms with van der Waals surface area (Å²) in [5, 5.41) is 0.933. The fourth-order valence-corrected chi connectivity index (χ4v) is 3.85. The third kappa shape index (κ3) is 2.80. The van der Waals surface area contributed by atoms with Crippen molar-refractivity contribution >= 4 is 34.3 Å². The first-order valence-electron chi connectivity index (χ1n) is 7.55. The molecule has 1 N–H and O–H groups in total. The van der Waals surface area contributed by atoms with Crippen LogP contribution in [0.25, 0.3) is 10.9 Å². The summed E-state index contributed by atoms with van der Waals surface area (Å²) in [5.74, 6) is 1.28. The molecule has 0 atom stereocenters. The minimum absolute atomic E-state index is 0.205. The molecule has 0 amide bonds. The van der Waals surface area contributed by atoms with Gasteiger partial charge < -0.3 is 14.6 Å². The number of benzene rings is 2. The van der Waals surface area contributed by atoms with Crippen LogP contribution in [0.5, 0.6) is 5.75 Å². The van der Waals surface area contributed by atoms with Crippen LogP contribution in [0.1, 0.15) is 6.42 Å². The fourth-order valence-electron chi connectivity index (χ4n) is 2.77. The molecule has 0 bridgehead atoms. The molecule has 4 nitrogen and oxygen atoms in total. The van der Waals surface area contributed by atoms with E-state index in [-0.39, 0.29) is 5.97 Å². The monoisotopic (exact) mass is 324 g/mol. The van der Waals surface area contributed by atoms with E-state index in [1.54, 1.807) is 18.0 Å². The molecule has 0 fully saturated rings. The maximum Gasteiger partial charge on any atom is 0.313 e. The van der Waals surface area contributed by atoms with Crippen molar-refractivity contribution < 1.29 is 9.53 Å². The highest BCUT2D eigenvalue weighted by Gasteiger charge is 2.20. The van der Waals surface area contributed by atoms with Crippen LogP contribution in [0.2, 0.25) is 0 Å². The predicted molar refractivity (Wildman–Crippen MR) is 93.1 cm³/mol. The van der Waals surface area contributed by atoms with Crippen LogP contribution < -0.4 is 9.64 Å². The van der Waals surface area contributed by atoms with Gasteiger partial charge >= 0.3 is 5.97 Å². The lowest BCUT2D eigenvalue weighted by Crippen LogP contribution is -2.24. The number of esters is 1. The van der Waals surface area contributed by atoms with Crippen molar-refractivity contribution in [3.8, 4) is 5.75 Å². The second-order valence-corrected chi connectivity index (χ2v) is 6.41. The van der Waals surface area contributed by atoms with Crippen molar-refractivity contribution in [3.05, 3.63) is 54.7 Å². The average molecular weight is 324 g/mol. The summed E-state index contributed by atoms with van der Waals surface area (Å²) in [5.41, 5.74) is 2.18. The second kappa shape index (κ2) is 6.01. The van der Waals surface area contributed by atoms with Gasteiger partial charge in [-0.05, 0) is 24.3 Å². The molecule has 23 heavy (non-hydrogen) atoms. The summed E-state index contributed by atoms with van der Waals surface area (Å²) in [6.45, 7) is 0.672. The standard InChI is InChI=1S/C18H16N2O2S/c21-18(22-16-11-19-14-6-2-1-5-13(14)16)9-10-20-12-23-17-8-4-3-7-15(17)20/h1-8,11,19H,9-10,12H2. The number of aromatic amines is 1. The summed E-state index contributed by atoms with van der Waals surface area (Å²) in [7, 11) is 0. The summed E-state index contributed by atoms with van der Waals surface area (Å²) in [6.07, 6.45) is 2.11. The van der Waals surface area contributed by atoms with Crippen molar-refractivity contribution in [1.82, 2.24) is 4.98 Å². The molecule has 0 aliphatic carbocycles. The molecule has 0 saturated heterocycles. The number of nitrogens with zero attached hydrogens (tertiary/aromatic N) is 1. The first-order valence-corrected chi connectivity index (χ1v) is 8.53. The Kier molecular flexibility index (Phi) is 3.71. The van der Waals surface area contributed by atoms with Gasteiger partial charge in [0.15, 0.2) is 5.75 Å². The molecule has 4 rings (SSSR count). The van der Waals surface area contributed by atoms with Gasteiger partial charge in [0, 0.05) is 28.5 Å². The Morgan fingerprint density at radius 3 is 2.96 bits per heavy atom. The molecule has 2 heterocycles. The van der Waals surface area contributed by atoms with Crippen LogP contribution >= 0.6 is 11.8 Å². The quantitative estimate of drug-likeness (QED) is 0.736. The molecule has 2 aromatic carbocycles. The van der Waals surface area contributed by atoms with Gasteiger partial charge in [0.25, 0.3) is 0 Å². The van der Waals surface area contributed by atoms with E-state index in [9.17, 15) is 4.79 Å². The molecule has 0 spiro atoms. The summed E-state index contributed by atoms with van der Waals surface area (Å²) in [6, 6.07) is 16.1. The van der Waals surface area contributed by atoms with Crippen molar-refractivity contribution in [1.29, 1.82) is 0 Å². The highest BCUT2D eigenvalue weighted by atomic mass is 32.2. The number of anilines is 1. The number of carbonyl (C=O) groups excluding carboxylic acids is 1. The number of fused-ring (bicyclic) bond motifs is 2. The van der Waals surface area contributed by atoms with Crippen LogP contribution in [0.3, 0.4) is 0 Å². The number of thioether (sulfide) groups is 1. The molecule has 5 heteroatoms. The molecule has 0 saturated carbocycles. The first-order chi connectivity index (χ1) is 11.3. The van der Waals surface area contributed by atoms with E-state index in [0.29, 0.717) is 18.7 Å². The zero-order valence-electron chi connectivity index (χ0n) is 12.5. The topological polar surface area (TPSA) is 45.3 Å². The first kappa shape index (κ1) is 14.2. The normalized spacial score (nSPS) is 13.3. The van der Waals surface area contributed by atoms with Crippen LogP contribution in [0, 0.1) is 0 Å². The maximum atomic E-state index is 12.2. The Morgan fingerprint density at radius 1 is 1.17 bits per heavy atom. The molecule has 1 aromatic heterocycles. The number of aromatic nitrogens is 1. The van der Waals surface area contributed by atoms with E-state index in [2.05, 4.69) is 22.0 Å². The number of hydrogen-bond donors (Lipinski definition) is 1. The van der Waals surface area contributed by atoms with Crippen molar-refractivity contribution in [2.45, 2.75) is 11.3 Å². The number of rotatable bonds is 4. The van der Waals surface area contributed by atoms with Crippen molar-refractivity contribution in [2.75, 3.05) is 17.3 Å². The third-order valence-electron chi connectivity index (χ3n) is 3.94. The third-order valence-corrected chi connectivity index (χ3v) is 5.04. The SMILES string of the molecule is O=C(CCN1CSc2ccccc21)Oc1c[nH]c2ccccc12. The second-order valence-electron chi connectivity index (χ2n) is 5.43. The largest absolute Gasteiger partial charge is 0.424 e. The molecule has 0 radical (unpaired) electrons. The molecular formula is C18H16N2O2S. The number of ether oxygens (including phenoxy) is 1. The molecular weight excluding hydrogens is 308 g/mol. The van der Waals surface area contributed by atoms with E-state index < -0.39 is 0 Å². The average Bonchev–Trinajstić information content (AvgIpc) is 3.18. The molecule has 3 aromatic rings. The van der Waals surface area contributed by atoms with Crippen LogP contribution in [-0.4, -0.2) is 23.4 Å². The van der Waals surface area contributed by atoms with E-state index in [0.717, 1.165) is 16.8 Å². The predicted octanol–water partition coefficient (Wildman–Crippen LogP) is 4.03. The highest BCUT2D eigenvalue weighted by molar-refractivity contribution is 7.99. The lowest BCUT2D eigenvalue weighted by Gasteiger charge is -2.17. The lowest BCUT2D eigenvalue weighted by molar-refractivity contribution is -0.134.